The number of amides is 2. The van der Waals surface area contributed by atoms with E-state index < -0.39 is 0 Å². The first kappa shape index (κ1) is 24.5. The molecule has 174 valence electrons. The average molecular weight is 457 g/mol. The first-order valence-electron chi connectivity index (χ1n) is 11.1. The first-order valence-corrected chi connectivity index (χ1v) is 11.1. The highest BCUT2D eigenvalue weighted by atomic mass is 16.5. The van der Waals surface area contributed by atoms with Crippen molar-refractivity contribution in [3.05, 3.63) is 89.5 Å². The van der Waals surface area contributed by atoms with Crippen LogP contribution in [-0.4, -0.2) is 36.9 Å². The van der Waals surface area contributed by atoms with Gasteiger partial charge in [0.2, 0.25) is 5.91 Å². The van der Waals surface area contributed by atoms with Gasteiger partial charge in [-0.3, -0.25) is 14.5 Å². The summed E-state index contributed by atoms with van der Waals surface area (Å²) >= 11 is 0. The number of carbonyl (C=O) groups is 2. The minimum absolute atomic E-state index is 0.131. The van der Waals surface area contributed by atoms with Gasteiger partial charge in [-0.2, -0.15) is 5.26 Å². The molecule has 0 radical (unpaired) electrons. The predicted molar refractivity (Wildman–Crippen MR) is 133 cm³/mol. The number of rotatable bonds is 10. The van der Waals surface area contributed by atoms with Crippen molar-refractivity contribution in [1.82, 2.24) is 4.90 Å². The molecule has 2 amide bonds. The lowest BCUT2D eigenvalue weighted by atomic mass is 10.1. The largest absolute Gasteiger partial charge is 0.495 e. The van der Waals surface area contributed by atoms with E-state index in [9.17, 15) is 9.59 Å². The number of nitrogens with zero attached hydrogens (tertiary/aromatic N) is 2. The summed E-state index contributed by atoms with van der Waals surface area (Å²) in [6, 6.07) is 23.4. The summed E-state index contributed by atoms with van der Waals surface area (Å²) < 4.78 is 5.26. The Labute approximate surface area is 200 Å². The monoisotopic (exact) mass is 456 g/mol. The molecule has 0 aliphatic carbocycles. The molecule has 0 spiro atoms. The fourth-order valence-corrected chi connectivity index (χ4v) is 3.52. The summed E-state index contributed by atoms with van der Waals surface area (Å²) in [5.41, 5.74) is 3.34. The maximum absolute atomic E-state index is 12.6. The van der Waals surface area contributed by atoms with E-state index >= 15 is 0 Å². The molecule has 3 aromatic rings. The van der Waals surface area contributed by atoms with Crippen molar-refractivity contribution >= 4 is 23.2 Å². The molecular formula is C27H28N4O3. The maximum atomic E-state index is 12.6. The SMILES string of the molecule is CCCN(CC(=O)Nc1ccc(C(=O)Nc2ccccc2OC)cc1)Cc1ccc(C#N)cc1. The fourth-order valence-electron chi connectivity index (χ4n) is 3.52. The van der Waals surface area contributed by atoms with Crippen LogP contribution in [0.4, 0.5) is 11.4 Å². The van der Waals surface area contributed by atoms with Crippen molar-refractivity contribution < 1.29 is 14.3 Å². The lowest BCUT2D eigenvalue weighted by Gasteiger charge is -2.21. The average Bonchev–Trinajstić information content (AvgIpc) is 2.85. The van der Waals surface area contributed by atoms with Crippen LogP contribution >= 0.6 is 0 Å². The fraction of sp³-hybridized carbons (Fsp3) is 0.222. The van der Waals surface area contributed by atoms with Crippen molar-refractivity contribution in [2.24, 2.45) is 0 Å². The molecule has 0 unspecified atom stereocenters. The van der Waals surface area contributed by atoms with Crippen LogP contribution in [0.2, 0.25) is 0 Å². The minimum atomic E-state index is -0.265. The molecule has 0 aliphatic rings. The molecule has 0 fully saturated rings. The number of hydrogen-bond acceptors (Lipinski definition) is 5. The molecular weight excluding hydrogens is 428 g/mol. The van der Waals surface area contributed by atoms with Gasteiger partial charge in [-0.05, 0) is 67.1 Å². The number of ether oxygens (including phenoxy) is 1. The molecule has 0 saturated carbocycles. The summed E-state index contributed by atoms with van der Waals surface area (Å²) in [6.07, 6.45) is 0.916. The molecule has 34 heavy (non-hydrogen) atoms. The Morgan fingerprint density at radius 1 is 0.971 bits per heavy atom. The second-order valence-corrected chi connectivity index (χ2v) is 7.80. The van der Waals surface area contributed by atoms with Crippen LogP contribution in [0.15, 0.2) is 72.8 Å². The van der Waals surface area contributed by atoms with E-state index in [-0.39, 0.29) is 18.4 Å². The molecule has 2 N–H and O–H groups in total. The number of para-hydroxylation sites is 2. The van der Waals surface area contributed by atoms with E-state index in [2.05, 4.69) is 28.5 Å². The van der Waals surface area contributed by atoms with Crippen LogP contribution in [0.5, 0.6) is 5.75 Å². The predicted octanol–water partition coefficient (Wildman–Crippen LogP) is 4.67. The second-order valence-electron chi connectivity index (χ2n) is 7.80. The van der Waals surface area contributed by atoms with Gasteiger partial charge in [0, 0.05) is 17.8 Å². The highest BCUT2D eigenvalue weighted by Gasteiger charge is 2.13. The maximum Gasteiger partial charge on any atom is 0.255 e. The van der Waals surface area contributed by atoms with E-state index in [0.29, 0.717) is 34.8 Å². The van der Waals surface area contributed by atoms with Crippen LogP contribution < -0.4 is 15.4 Å². The van der Waals surface area contributed by atoms with Crippen LogP contribution in [0, 0.1) is 11.3 Å². The number of hydrogen-bond donors (Lipinski definition) is 2. The minimum Gasteiger partial charge on any atom is -0.495 e. The molecule has 0 atom stereocenters. The van der Waals surface area contributed by atoms with E-state index in [1.165, 1.54) is 0 Å². The van der Waals surface area contributed by atoms with Gasteiger partial charge in [0.15, 0.2) is 0 Å². The van der Waals surface area contributed by atoms with Crippen molar-refractivity contribution in [1.29, 1.82) is 5.26 Å². The van der Waals surface area contributed by atoms with Crippen LogP contribution in [0.3, 0.4) is 0 Å². The Balaban J connectivity index is 1.57. The highest BCUT2D eigenvalue weighted by molar-refractivity contribution is 6.05. The van der Waals surface area contributed by atoms with Gasteiger partial charge in [-0.15, -0.1) is 0 Å². The summed E-state index contributed by atoms with van der Waals surface area (Å²) in [5, 5.41) is 14.7. The lowest BCUT2D eigenvalue weighted by Crippen LogP contribution is -2.33. The molecule has 7 nitrogen and oxygen atoms in total. The zero-order valence-corrected chi connectivity index (χ0v) is 19.4. The topological polar surface area (TPSA) is 94.5 Å². The van der Waals surface area contributed by atoms with Crippen molar-refractivity contribution in [2.75, 3.05) is 30.8 Å². The molecule has 0 heterocycles. The Bertz CT molecular complexity index is 1150. The standard InChI is InChI=1S/C27H28N4O3/c1-3-16-31(18-21-10-8-20(17-28)9-11-21)19-26(32)29-23-14-12-22(13-15-23)27(33)30-24-6-4-5-7-25(24)34-2/h4-15H,3,16,18-19H2,1-2H3,(H,29,32)(H,30,33). The third-order valence-corrected chi connectivity index (χ3v) is 5.18. The summed E-state index contributed by atoms with van der Waals surface area (Å²) in [6.45, 7) is 3.70. The molecule has 7 heteroatoms. The zero-order valence-electron chi connectivity index (χ0n) is 19.4. The Kier molecular flexibility index (Phi) is 8.78. The number of benzene rings is 3. The van der Waals surface area contributed by atoms with Gasteiger partial charge in [-0.1, -0.05) is 31.2 Å². The number of nitriles is 1. The van der Waals surface area contributed by atoms with Gasteiger partial charge in [0.1, 0.15) is 5.75 Å². The quantitative estimate of drug-likeness (QED) is 0.462. The lowest BCUT2D eigenvalue weighted by molar-refractivity contribution is -0.117. The summed E-state index contributed by atoms with van der Waals surface area (Å²) in [4.78, 5) is 27.3. The van der Waals surface area contributed by atoms with Crippen LogP contribution in [-0.2, 0) is 11.3 Å². The zero-order chi connectivity index (χ0) is 24.3. The Morgan fingerprint density at radius 2 is 1.68 bits per heavy atom. The van der Waals surface area contributed by atoms with Gasteiger partial charge >= 0.3 is 0 Å². The van der Waals surface area contributed by atoms with E-state index in [1.54, 1.807) is 55.6 Å². The van der Waals surface area contributed by atoms with E-state index in [4.69, 9.17) is 10.00 Å². The number of anilines is 2. The van der Waals surface area contributed by atoms with Crippen molar-refractivity contribution in [3.63, 3.8) is 0 Å². The number of nitrogens with one attached hydrogen (secondary N) is 2. The number of carbonyl (C=O) groups excluding carboxylic acids is 2. The second kappa shape index (κ2) is 12.2. The molecule has 3 rings (SSSR count). The van der Waals surface area contributed by atoms with Crippen molar-refractivity contribution in [2.45, 2.75) is 19.9 Å². The summed E-state index contributed by atoms with van der Waals surface area (Å²) in [5.74, 6) is 0.185. The van der Waals surface area contributed by atoms with Gasteiger partial charge in [-0.25, -0.2) is 0 Å². The molecule has 0 saturated heterocycles. The molecule has 0 bridgehead atoms. The summed E-state index contributed by atoms with van der Waals surface area (Å²) in [7, 11) is 1.55. The number of methoxy groups -OCH3 is 1. The third-order valence-electron chi connectivity index (χ3n) is 5.18. The molecule has 0 aliphatic heterocycles. The van der Waals surface area contributed by atoms with E-state index in [0.717, 1.165) is 18.5 Å². The first-order chi connectivity index (χ1) is 16.5. The smallest absolute Gasteiger partial charge is 0.255 e. The van der Waals surface area contributed by atoms with E-state index in [1.807, 2.05) is 24.3 Å². The van der Waals surface area contributed by atoms with Gasteiger partial charge < -0.3 is 15.4 Å². The van der Waals surface area contributed by atoms with Gasteiger partial charge in [0.25, 0.3) is 5.91 Å². The van der Waals surface area contributed by atoms with Gasteiger partial charge in [0.05, 0.1) is 31.0 Å². The molecule has 0 aromatic heterocycles. The van der Waals surface area contributed by atoms with Crippen LogP contribution in [0.25, 0.3) is 0 Å². The Morgan fingerprint density at radius 3 is 2.32 bits per heavy atom. The third kappa shape index (κ3) is 6.92. The molecule has 3 aromatic carbocycles. The Hall–Kier alpha value is -4.15. The normalized spacial score (nSPS) is 10.4. The highest BCUT2D eigenvalue weighted by Crippen LogP contribution is 2.24. The van der Waals surface area contributed by atoms with Crippen molar-refractivity contribution in [3.8, 4) is 11.8 Å². The van der Waals surface area contributed by atoms with Crippen LogP contribution in [0.1, 0.15) is 34.8 Å².